The summed E-state index contributed by atoms with van der Waals surface area (Å²) in [5.74, 6) is 0.222. The van der Waals surface area contributed by atoms with Gasteiger partial charge in [-0.05, 0) is 48.7 Å². The van der Waals surface area contributed by atoms with Gasteiger partial charge in [-0.1, -0.05) is 43.0 Å². The van der Waals surface area contributed by atoms with Crippen molar-refractivity contribution in [2.75, 3.05) is 26.5 Å². The summed E-state index contributed by atoms with van der Waals surface area (Å²) in [5, 5.41) is 3.54. The van der Waals surface area contributed by atoms with Crippen LogP contribution >= 0.6 is 11.6 Å². The highest BCUT2D eigenvalue weighted by atomic mass is 35.5. The van der Waals surface area contributed by atoms with Crippen molar-refractivity contribution in [1.82, 2.24) is 4.31 Å². The molecule has 162 valence electrons. The van der Waals surface area contributed by atoms with Gasteiger partial charge in [0.1, 0.15) is 5.75 Å². The number of carbonyl (C=O) groups is 1. The number of nitrogens with zero attached hydrogens (tertiary/aromatic N) is 1. The van der Waals surface area contributed by atoms with Gasteiger partial charge in [0.05, 0.1) is 23.1 Å². The standard InChI is InChI=1S/C22H27ClN2O4S/c1-25(2)30(27,28)18-10-11-20(29-3)19(15-18)24-21(26)22(12-5-4-6-13-22)16-8-7-9-17(23)14-16/h7-11,14-15H,4-6,12-13H2,1-3H3,(H,24,26). The summed E-state index contributed by atoms with van der Waals surface area (Å²) in [4.78, 5) is 13.7. The first-order valence-electron chi connectivity index (χ1n) is 9.89. The maximum Gasteiger partial charge on any atom is 0.242 e. The van der Waals surface area contributed by atoms with Gasteiger partial charge >= 0.3 is 0 Å². The highest BCUT2D eigenvalue weighted by Gasteiger charge is 2.41. The van der Waals surface area contributed by atoms with Crippen LogP contribution in [0.25, 0.3) is 0 Å². The van der Waals surface area contributed by atoms with Crippen LogP contribution in [-0.2, 0) is 20.2 Å². The van der Waals surface area contributed by atoms with Crippen LogP contribution in [0.2, 0.25) is 5.02 Å². The largest absolute Gasteiger partial charge is 0.495 e. The Morgan fingerprint density at radius 1 is 1.10 bits per heavy atom. The van der Waals surface area contributed by atoms with E-state index in [0.717, 1.165) is 29.1 Å². The third kappa shape index (κ3) is 4.33. The molecule has 0 radical (unpaired) electrons. The van der Waals surface area contributed by atoms with Crippen LogP contribution in [0.4, 0.5) is 5.69 Å². The number of rotatable bonds is 6. The van der Waals surface area contributed by atoms with E-state index in [9.17, 15) is 13.2 Å². The number of hydrogen-bond donors (Lipinski definition) is 1. The molecule has 0 spiro atoms. The van der Waals surface area contributed by atoms with Gasteiger partial charge in [-0.3, -0.25) is 4.79 Å². The lowest BCUT2D eigenvalue weighted by Gasteiger charge is -2.36. The first kappa shape index (κ1) is 22.6. The Morgan fingerprint density at radius 2 is 1.80 bits per heavy atom. The van der Waals surface area contributed by atoms with E-state index in [1.54, 1.807) is 12.1 Å². The smallest absolute Gasteiger partial charge is 0.242 e. The lowest BCUT2D eigenvalue weighted by Crippen LogP contribution is -2.42. The van der Waals surface area contributed by atoms with E-state index in [-0.39, 0.29) is 10.8 Å². The number of sulfonamides is 1. The van der Waals surface area contributed by atoms with E-state index in [2.05, 4.69) is 5.32 Å². The Kier molecular flexibility index (Phi) is 6.75. The minimum Gasteiger partial charge on any atom is -0.495 e. The Morgan fingerprint density at radius 3 is 2.40 bits per heavy atom. The monoisotopic (exact) mass is 450 g/mol. The van der Waals surface area contributed by atoms with E-state index >= 15 is 0 Å². The number of methoxy groups -OCH3 is 1. The van der Waals surface area contributed by atoms with E-state index < -0.39 is 15.4 Å². The fourth-order valence-corrected chi connectivity index (χ4v) is 5.11. The molecule has 0 saturated heterocycles. The molecule has 1 saturated carbocycles. The lowest BCUT2D eigenvalue weighted by molar-refractivity contribution is -0.122. The number of amides is 1. The third-order valence-corrected chi connectivity index (χ3v) is 7.76. The summed E-state index contributed by atoms with van der Waals surface area (Å²) in [6, 6.07) is 11.9. The Balaban J connectivity index is 2.02. The average molecular weight is 451 g/mol. The minimum absolute atomic E-state index is 0.0871. The van der Waals surface area contributed by atoms with Crippen LogP contribution in [0.15, 0.2) is 47.4 Å². The SMILES string of the molecule is COc1ccc(S(=O)(=O)N(C)C)cc1NC(=O)C1(c2cccc(Cl)c2)CCCCC1. The summed E-state index contributed by atoms with van der Waals surface area (Å²) in [5.41, 5.74) is 0.491. The maximum atomic E-state index is 13.6. The quantitative estimate of drug-likeness (QED) is 0.705. The molecular formula is C22H27ClN2O4S. The third-order valence-electron chi connectivity index (χ3n) is 5.72. The average Bonchev–Trinajstić information content (AvgIpc) is 2.74. The summed E-state index contributed by atoms with van der Waals surface area (Å²) in [6.45, 7) is 0. The summed E-state index contributed by atoms with van der Waals surface area (Å²) < 4.78 is 31.6. The molecule has 1 N–H and O–H groups in total. The molecule has 0 atom stereocenters. The summed E-state index contributed by atoms with van der Waals surface area (Å²) >= 11 is 6.22. The van der Waals surface area contributed by atoms with Crippen LogP contribution in [0.5, 0.6) is 5.75 Å². The molecule has 0 aliphatic heterocycles. The number of anilines is 1. The van der Waals surface area contributed by atoms with Crippen molar-refractivity contribution < 1.29 is 17.9 Å². The second-order valence-electron chi connectivity index (χ2n) is 7.76. The van der Waals surface area contributed by atoms with Crippen molar-refractivity contribution in [2.24, 2.45) is 0 Å². The van der Waals surface area contributed by atoms with Gasteiger partial charge in [0.15, 0.2) is 0 Å². The van der Waals surface area contributed by atoms with Crippen LogP contribution in [0.1, 0.15) is 37.7 Å². The minimum atomic E-state index is -3.65. The molecule has 0 aromatic heterocycles. The van der Waals surface area contributed by atoms with Gasteiger partial charge < -0.3 is 10.1 Å². The Hall–Kier alpha value is -2.09. The van der Waals surface area contributed by atoms with Gasteiger partial charge in [0.2, 0.25) is 15.9 Å². The number of benzene rings is 2. The number of nitrogens with one attached hydrogen (secondary N) is 1. The number of halogens is 1. The van der Waals surface area contributed by atoms with Gasteiger partial charge in [-0.25, -0.2) is 12.7 Å². The van der Waals surface area contributed by atoms with Crippen molar-refractivity contribution in [2.45, 2.75) is 42.4 Å². The molecule has 1 aliphatic rings. The van der Waals surface area contributed by atoms with Crippen molar-refractivity contribution in [3.05, 3.63) is 53.1 Å². The van der Waals surface area contributed by atoms with Crippen LogP contribution in [0, 0.1) is 0 Å². The summed E-state index contributed by atoms with van der Waals surface area (Å²) in [6.07, 6.45) is 4.36. The highest BCUT2D eigenvalue weighted by Crippen LogP contribution is 2.42. The predicted octanol–water partition coefficient (Wildman–Crippen LogP) is 4.44. The van der Waals surface area contributed by atoms with Crippen LogP contribution < -0.4 is 10.1 Å². The van der Waals surface area contributed by atoms with Gasteiger partial charge in [-0.2, -0.15) is 0 Å². The number of carbonyl (C=O) groups excluding carboxylic acids is 1. The molecule has 3 rings (SSSR count). The lowest BCUT2D eigenvalue weighted by atomic mass is 9.68. The zero-order chi connectivity index (χ0) is 21.9. The molecule has 2 aromatic rings. The van der Waals surface area contributed by atoms with E-state index in [1.165, 1.54) is 33.3 Å². The zero-order valence-corrected chi connectivity index (χ0v) is 19.0. The van der Waals surface area contributed by atoms with Gasteiger partial charge in [0.25, 0.3) is 0 Å². The Bertz CT molecular complexity index is 1030. The molecule has 2 aromatic carbocycles. The molecule has 8 heteroatoms. The Labute approximate surface area is 183 Å². The molecule has 6 nitrogen and oxygen atoms in total. The molecule has 1 aliphatic carbocycles. The zero-order valence-electron chi connectivity index (χ0n) is 17.4. The molecule has 30 heavy (non-hydrogen) atoms. The van der Waals surface area contributed by atoms with E-state index in [4.69, 9.17) is 16.3 Å². The van der Waals surface area contributed by atoms with E-state index in [1.807, 2.05) is 18.2 Å². The normalized spacial score (nSPS) is 16.3. The number of hydrogen-bond acceptors (Lipinski definition) is 4. The molecule has 0 heterocycles. The van der Waals surface area contributed by atoms with Crippen LogP contribution in [-0.4, -0.2) is 39.8 Å². The number of ether oxygens (including phenoxy) is 1. The van der Waals surface area contributed by atoms with Gasteiger partial charge in [0, 0.05) is 19.1 Å². The fourth-order valence-electron chi connectivity index (χ4n) is 3.99. The van der Waals surface area contributed by atoms with Gasteiger partial charge in [-0.15, -0.1) is 0 Å². The second kappa shape index (κ2) is 8.96. The molecule has 1 amide bonds. The fraction of sp³-hybridized carbons (Fsp3) is 0.409. The second-order valence-corrected chi connectivity index (χ2v) is 10.3. The highest BCUT2D eigenvalue weighted by molar-refractivity contribution is 7.89. The predicted molar refractivity (Wildman–Crippen MR) is 119 cm³/mol. The summed E-state index contributed by atoms with van der Waals surface area (Å²) in [7, 11) is 0.768. The van der Waals surface area contributed by atoms with Crippen LogP contribution in [0.3, 0.4) is 0 Å². The van der Waals surface area contributed by atoms with E-state index in [0.29, 0.717) is 29.3 Å². The van der Waals surface area contributed by atoms with Crippen molar-refractivity contribution in [3.8, 4) is 5.75 Å². The van der Waals surface area contributed by atoms with Crippen molar-refractivity contribution in [1.29, 1.82) is 0 Å². The molecule has 0 unspecified atom stereocenters. The molecule has 0 bridgehead atoms. The molecular weight excluding hydrogens is 424 g/mol. The van der Waals surface area contributed by atoms with Crippen molar-refractivity contribution >= 4 is 33.2 Å². The maximum absolute atomic E-state index is 13.6. The topological polar surface area (TPSA) is 75.7 Å². The van der Waals surface area contributed by atoms with Crippen molar-refractivity contribution in [3.63, 3.8) is 0 Å². The first-order valence-corrected chi connectivity index (χ1v) is 11.7. The first-order chi connectivity index (χ1) is 14.2. The molecule has 1 fully saturated rings.